The number of carbonyl (C=O) groups is 1. The van der Waals surface area contributed by atoms with Gasteiger partial charge in [0.25, 0.3) is 0 Å². The second-order valence-electron chi connectivity index (χ2n) is 16.7. The largest absolute Gasteiger partial charge is 0.457 e. The highest BCUT2D eigenvalue weighted by Gasteiger charge is 2.48. The summed E-state index contributed by atoms with van der Waals surface area (Å²) in [7, 11) is -5.06. The van der Waals surface area contributed by atoms with Crippen LogP contribution in [0.25, 0.3) is 0 Å². The third kappa shape index (κ3) is 32.2. The molecular weight excluding hydrogens is 777 g/mol. The molecule has 13 heteroatoms. The molecule has 0 amide bonds. The Kier molecular flexibility index (Phi) is 36.5. The number of ether oxygens (including phenoxy) is 4. The molecule has 0 saturated carbocycles. The number of hydrogen-bond acceptors (Lipinski definition) is 11. The molecule has 0 aromatic heterocycles. The Bertz CT molecular complexity index is 1090. The van der Waals surface area contributed by atoms with Crippen LogP contribution in [0.15, 0.2) is 12.2 Å². The van der Waals surface area contributed by atoms with Crippen molar-refractivity contribution in [2.75, 3.05) is 26.4 Å². The van der Waals surface area contributed by atoms with Crippen LogP contribution in [0, 0.1) is 0 Å². The van der Waals surface area contributed by atoms with Crippen LogP contribution in [-0.2, 0) is 38.3 Å². The number of unbranched alkanes of at least 4 members (excludes halogenated alkanes) is 27. The van der Waals surface area contributed by atoms with E-state index in [1.807, 2.05) is 0 Å². The fraction of sp³-hybridized carbons (Fsp3) is 0.935. The summed E-state index contributed by atoms with van der Waals surface area (Å²) in [5.41, 5.74) is 0. The average Bonchev–Trinajstić information content (AvgIpc) is 3.20. The topological polar surface area (TPSA) is 178 Å². The maximum atomic E-state index is 12.8. The van der Waals surface area contributed by atoms with Gasteiger partial charge in [0.15, 0.2) is 6.29 Å². The van der Waals surface area contributed by atoms with Crippen LogP contribution in [0.1, 0.15) is 213 Å². The van der Waals surface area contributed by atoms with Crippen molar-refractivity contribution in [1.82, 2.24) is 0 Å². The van der Waals surface area contributed by atoms with Crippen LogP contribution in [0.4, 0.5) is 0 Å². The van der Waals surface area contributed by atoms with E-state index in [4.69, 9.17) is 23.5 Å². The zero-order valence-corrected chi connectivity index (χ0v) is 38.1. The molecule has 6 unspecified atom stereocenters. The van der Waals surface area contributed by atoms with E-state index in [1.54, 1.807) is 0 Å². The van der Waals surface area contributed by atoms with Crippen LogP contribution >= 0.6 is 0 Å². The fourth-order valence-corrected chi connectivity index (χ4v) is 7.99. The lowest BCUT2D eigenvalue weighted by atomic mass is 9.99. The predicted octanol–water partition coefficient (Wildman–Crippen LogP) is 10.2. The monoisotopic (exact) mass is 865 g/mol. The van der Waals surface area contributed by atoms with E-state index in [1.165, 1.54) is 128 Å². The standard InChI is InChI=1S/C46H88O12S/c1-3-5-7-9-11-13-15-16-17-18-19-20-21-22-23-24-26-28-30-32-34-36-54-38-40(56-42(48)35-33-31-29-27-25-14-12-10-8-6-4-2)39-55-46-44(50)45(58-59(51,52)53)43(49)41(37-47)57-46/h10,12,40-41,43-47,49-50H,3-9,11,13-39H2,1-2H3,(H,51,52,53)/b12-10-. The predicted molar refractivity (Wildman–Crippen MR) is 234 cm³/mol. The molecule has 0 radical (unpaired) electrons. The molecular formula is C46H88O12S. The van der Waals surface area contributed by atoms with E-state index < -0.39 is 59.8 Å². The second kappa shape index (κ2) is 38.5. The third-order valence-corrected chi connectivity index (χ3v) is 11.6. The van der Waals surface area contributed by atoms with Gasteiger partial charge in [-0.15, -0.1) is 0 Å². The van der Waals surface area contributed by atoms with E-state index in [0.717, 1.165) is 57.8 Å². The summed E-state index contributed by atoms with van der Waals surface area (Å²) < 4.78 is 59.0. The molecule has 0 bridgehead atoms. The molecule has 1 saturated heterocycles. The van der Waals surface area contributed by atoms with Gasteiger partial charge >= 0.3 is 16.4 Å². The van der Waals surface area contributed by atoms with Crippen molar-refractivity contribution in [2.45, 2.75) is 250 Å². The number of rotatable bonds is 42. The molecule has 0 spiro atoms. The molecule has 1 heterocycles. The van der Waals surface area contributed by atoms with Gasteiger partial charge in [0.2, 0.25) is 0 Å². The molecule has 6 atom stereocenters. The molecule has 0 aliphatic carbocycles. The Hall–Kier alpha value is -1.16. The van der Waals surface area contributed by atoms with Gasteiger partial charge in [0, 0.05) is 13.0 Å². The first kappa shape index (κ1) is 55.9. The van der Waals surface area contributed by atoms with Crippen molar-refractivity contribution in [3.8, 4) is 0 Å². The van der Waals surface area contributed by atoms with Crippen LogP contribution < -0.4 is 0 Å². The molecule has 350 valence electrons. The van der Waals surface area contributed by atoms with Gasteiger partial charge in [0.1, 0.15) is 30.5 Å². The van der Waals surface area contributed by atoms with Crippen molar-refractivity contribution in [2.24, 2.45) is 0 Å². The minimum Gasteiger partial charge on any atom is -0.457 e. The lowest BCUT2D eigenvalue weighted by Crippen LogP contribution is -2.60. The highest BCUT2D eigenvalue weighted by Crippen LogP contribution is 2.26. The smallest absolute Gasteiger partial charge is 0.397 e. The first-order valence-electron chi connectivity index (χ1n) is 23.9. The summed E-state index contributed by atoms with van der Waals surface area (Å²) in [6, 6.07) is 0. The van der Waals surface area contributed by atoms with E-state index in [2.05, 4.69) is 30.2 Å². The number of hydrogen-bond donors (Lipinski definition) is 4. The number of carbonyl (C=O) groups excluding carboxylic acids is 1. The summed E-state index contributed by atoms with van der Waals surface area (Å²) in [6.45, 7) is 3.97. The second-order valence-corrected chi connectivity index (χ2v) is 17.8. The first-order chi connectivity index (χ1) is 28.6. The van der Waals surface area contributed by atoms with Gasteiger partial charge in [-0.2, -0.15) is 8.42 Å². The number of esters is 1. The molecule has 0 aromatic carbocycles. The first-order valence-corrected chi connectivity index (χ1v) is 25.3. The van der Waals surface area contributed by atoms with Crippen LogP contribution in [0.3, 0.4) is 0 Å². The summed E-state index contributed by atoms with van der Waals surface area (Å²) in [4.78, 5) is 12.8. The third-order valence-electron chi connectivity index (χ3n) is 11.1. The van der Waals surface area contributed by atoms with Crippen LogP contribution in [0.5, 0.6) is 0 Å². The minimum atomic E-state index is -5.06. The van der Waals surface area contributed by atoms with Gasteiger partial charge < -0.3 is 34.3 Å². The number of aliphatic hydroxyl groups excluding tert-OH is 3. The zero-order valence-electron chi connectivity index (χ0n) is 37.3. The maximum Gasteiger partial charge on any atom is 0.397 e. The van der Waals surface area contributed by atoms with Crippen molar-refractivity contribution in [3.63, 3.8) is 0 Å². The Balaban J connectivity index is 2.33. The number of allylic oxidation sites excluding steroid dienone is 2. The zero-order chi connectivity index (χ0) is 43.2. The maximum absolute atomic E-state index is 12.8. The van der Waals surface area contributed by atoms with Crippen molar-refractivity contribution < 1.29 is 56.2 Å². The molecule has 12 nitrogen and oxygen atoms in total. The van der Waals surface area contributed by atoms with E-state index in [9.17, 15) is 28.5 Å². The summed E-state index contributed by atoms with van der Waals surface area (Å²) in [5, 5.41) is 30.6. The lowest BCUT2D eigenvalue weighted by molar-refractivity contribution is -0.301. The van der Waals surface area contributed by atoms with Gasteiger partial charge in [-0.1, -0.05) is 187 Å². The van der Waals surface area contributed by atoms with Crippen molar-refractivity contribution in [3.05, 3.63) is 12.2 Å². The summed E-state index contributed by atoms with van der Waals surface area (Å²) in [5.74, 6) is -0.406. The van der Waals surface area contributed by atoms with Gasteiger partial charge in [-0.3, -0.25) is 9.35 Å². The molecule has 1 rings (SSSR count). The van der Waals surface area contributed by atoms with Crippen molar-refractivity contribution in [1.29, 1.82) is 0 Å². The molecule has 0 aromatic rings. The highest BCUT2D eigenvalue weighted by atomic mass is 32.3. The SMILES string of the molecule is CCCC/C=C\CCCCCCCC(=O)OC(COCCCCCCCCCCCCCCCCCCCCCCC)COC1OC(CO)C(O)C(OS(=O)(=O)O)C1O. The van der Waals surface area contributed by atoms with E-state index in [0.29, 0.717) is 13.0 Å². The molecule has 1 aliphatic rings. The Morgan fingerprint density at radius 3 is 1.58 bits per heavy atom. The quantitative estimate of drug-likeness (QED) is 0.0198. The fourth-order valence-electron chi connectivity index (χ4n) is 7.48. The van der Waals surface area contributed by atoms with E-state index in [-0.39, 0.29) is 19.6 Å². The molecule has 4 N–H and O–H groups in total. The summed E-state index contributed by atoms with van der Waals surface area (Å²) in [6.07, 6.45) is 32.6. The summed E-state index contributed by atoms with van der Waals surface area (Å²) >= 11 is 0. The van der Waals surface area contributed by atoms with Gasteiger partial charge in [0.05, 0.1) is 19.8 Å². The van der Waals surface area contributed by atoms with Crippen molar-refractivity contribution >= 4 is 16.4 Å². The van der Waals surface area contributed by atoms with Gasteiger partial charge in [-0.05, 0) is 32.1 Å². The Labute approximate surface area is 359 Å². The van der Waals surface area contributed by atoms with Gasteiger partial charge in [-0.25, -0.2) is 4.18 Å². The molecule has 59 heavy (non-hydrogen) atoms. The highest BCUT2D eigenvalue weighted by molar-refractivity contribution is 7.80. The number of aliphatic hydroxyl groups is 3. The Morgan fingerprint density at radius 2 is 1.08 bits per heavy atom. The molecule has 1 fully saturated rings. The van der Waals surface area contributed by atoms with E-state index >= 15 is 0 Å². The minimum absolute atomic E-state index is 0.0382. The van der Waals surface area contributed by atoms with Crippen LogP contribution in [-0.4, -0.2) is 97.5 Å². The lowest BCUT2D eigenvalue weighted by Gasteiger charge is -2.41. The Morgan fingerprint density at radius 1 is 0.627 bits per heavy atom. The normalized spacial score (nSPS) is 20.4. The average molecular weight is 865 g/mol. The van der Waals surface area contributed by atoms with Crippen LogP contribution in [0.2, 0.25) is 0 Å². The molecule has 1 aliphatic heterocycles.